The van der Waals surface area contributed by atoms with Gasteiger partial charge in [-0.2, -0.15) is 0 Å². The van der Waals surface area contributed by atoms with E-state index in [9.17, 15) is 0 Å². The molecule has 2 aromatic rings. The molecule has 2 heteroatoms. The maximum atomic E-state index is 4.58. The van der Waals surface area contributed by atoms with Crippen molar-refractivity contribution in [3.8, 4) is 0 Å². The molecule has 29 heavy (non-hydrogen) atoms. The topological polar surface area (TPSA) is 24.7 Å². The van der Waals surface area contributed by atoms with E-state index in [1.807, 2.05) is 0 Å². The van der Waals surface area contributed by atoms with Gasteiger partial charge in [0.2, 0.25) is 0 Å². The molecule has 0 radical (unpaired) electrons. The van der Waals surface area contributed by atoms with Crippen molar-refractivity contribution in [3.63, 3.8) is 0 Å². The molecular formula is C27H38N2. The fraction of sp³-hybridized carbons (Fsp3) is 0.519. The van der Waals surface area contributed by atoms with E-state index >= 15 is 0 Å². The zero-order chi connectivity index (χ0) is 21.6. The van der Waals surface area contributed by atoms with Crippen molar-refractivity contribution < 1.29 is 0 Å². The van der Waals surface area contributed by atoms with Gasteiger partial charge in [0.15, 0.2) is 0 Å². The lowest BCUT2D eigenvalue weighted by atomic mass is 9.89. The summed E-state index contributed by atoms with van der Waals surface area (Å²) in [6.45, 7) is 19.3. The van der Waals surface area contributed by atoms with Gasteiger partial charge < -0.3 is 0 Å². The van der Waals surface area contributed by atoms with E-state index in [0.29, 0.717) is 36.8 Å². The molecule has 0 aliphatic carbocycles. The third-order valence-corrected chi connectivity index (χ3v) is 5.60. The van der Waals surface area contributed by atoms with E-state index in [1.165, 1.54) is 33.4 Å². The second kappa shape index (κ2) is 10.6. The van der Waals surface area contributed by atoms with Crippen LogP contribution in [0.1, 0.15) is 112 Å². The molecule has 156 valence electrons. The second-order valence-electron chi connectivity index (χ2n) is 9.18. The van der Waals surface area contributed by atoms with Gasteiger partial charge in [-0.15, -0.1) is 0 Å². The number of hydrogen-bond acceptors (Lipinski definition) is 2. The SMILES string of the molecule is CC(C)c1cccc(C(C)C)c1CN=C=NCc1c(C(C)C)cccc1C(C)C. The molecule has 2 aromatic carbocycles. The summed E-state index contributed by atoms with van der Waals surface area (Å²) in [4.78, 5) is 9.15. The lowest BCUT2D eigenvalue weighted by Crippen LogP contribution is -2.03. The molecule has 0 saturated heterocycles. The van der Waals surface area contributed by atoms with E-state index < -0.39 is 0 Å². The Labute approximate surface area is 178 Å². The summed E-state index contributed by atoms with van der Waals surface area (Å²) in [5, 5.41) is 0. The fourth-order valence-electron chi connectivity index (χ4n) is 4.05. The van der Waals surface area contributed by atoms with Crippen LogP contribution in [-0.2, 0) is 13.1 Å². The third kappa shape index (κ3) is 5.90. The summed E-state index contributed by atoms with van der Waals surface area (Å²) in [5.41, 5.74) is 8.21. The Hall–Kier alpha value is -2.18. The molecule has 0 spiro atoms. The maximum absolute atomic E-state index is 4.58. The van der Waals surface area contributed by atoms with Crippen LogP contribution in [0.25, 0.3) is 0 Å². The van der Waals surface area contributed by atoms with Crippen molar-refractivity contribution >= 4 is 6.01 Å². The number of nitrogens with zero attached hydrogens (tertiary/aromatic N) is 2. The van der Waals surface area contributed by atoms with Crippen LogP contribution in [0.4, 0.5) is 0 Å². The highest BCUT2D eigenvalue weighted by molar-refractivity contribution is 5.46. The Bertz CT molecular complexity index is 744. The van der Waals surface area contributed by atoms with Gasteiger partial charge in [0.05, 0.1) is 19.1 Å². The average molecular weight is 391 g/mol. The van der Waals surface area contributed by atoms with Gasteiger partial charge in [-0.25, -0.2) is 9.98 Å². The van der Waals surface area contributed by atoms with Crippen molar-refractivity contribution in [3.05, 3.63) is 69.8 Å². The van der Waals surface area contributed by atoms with Gasteiger partial charge in [-0.1, -0.05) is 91.8 Å². The number of benzene rings is 2. The van der Waals surface area contributed by atoms with Crippen LogP contribution in [0.5, 0.6) is 0 Å². The molecule has 0 aliphatic heterocycles. The molecule has 0 aliphatic rings. The van der Waals surface area contributed by atoms with Crippen molar-refractivity contribution in [1.29, 1.82) is 0 Å². The highest BCUT2D eigenvalue weighted by atomic mass is 14.8. The highest BCUT2D eigenvalue weighted by Crippen LogP contribution is 2.29. The Balaban J connectivity index is 2.28. The maximum Gasteiger partial charge on any atom is 0.0899 e. The molecule has 0 atom stereocenters. The zero-order valence-electron chi connectivity index (χ0n) is 19.6. The summed E-state index contributed by atoms with van der Waals surface area (Å²) < 4.78 is 0. The van der Waals surface area contributed by atoms with Gasteiger partial charge in [-0.3, -0.25) is 0 Å². The normalized spacial score (nSPS) is 11.4. The van der Waals surface area contributed by atoms with Gasteiger partial charge in [0.25, 0.3) is 0 Å². The summed E-state index contributed by atoms with van der Waals surface area (Å²) in [7, 11) is 0. The fourth-order valence-corrected chi connectivity index (χ4v) is 4.05. The predicted octanol–water partition coefficient (Wildman–Crippen LogP) is 8.05. The van der Waals surface area contributed by atoms with E-state index in [4.69, 9.17) is 0 Å². The number of rotatable bonds is 8. The Kier molecular flexibility index (Phi) is 8.41. The molecule has 0 amide bonds. The molecule has 0 fully saturated rings. The number of aliphatic imine (C=N–C) groups is 2. The Morgan fingerprint density at radius 1 is 0.552 bits per heavy atom. The van der Waals surface area contributed by atoms with Gasteiger partial charge in [0.1, 0.15) is 0 Å². The van der Waals surface area contributed by atoms with Crippen LogP contribution in [0.3, 0.4) is 0 Å². The minimum absolute atomic E-state index is 0.488. The van der Waals surface area contributed by atoms with Gasteiger partial charge >= 0.3 is 0 Å². The van der Waals surface area contributed by atoms with Crippen LogP contribution in [0.15, 0.2) is 46.4 Å². The van der Waals surface area contributed by atoms with E-state index in [0.717, 1.165) is 0 Å². The first-order valence-electron chi connectivity index (χ1n) is 11.0. The van der Waals surface area contributed by atoms with Crippen LogP contribution in [-0.4, -0.2) is 6.01 Å². The molecule has 0 aromatic heterocycles. The monoisotopic (exact) mass is 390 g/mol. The summed E-state index contributed by atoms with van der Waals surface area (Å²) >= 11 is 0. The molecule has 0 bridgehead atoms. The third-order valence-electron chi connectivity index (χ3n) is 5.60. The van der Waals surface area contributed by atoms with Gasteiger partial charge in [-0.05, 0) is 57.1 Å². The molecule has 0 N–H and O–H groups in total. The van der Waals surface area contributed by atoms with Gasteiger partial charge in [0, 0.05) is 0 Å². The van der Waals surface area contributed by atoms with Crippen molar-refractivity contribution in [2.75, 3.05) is 0 Å². The minimum Gasteiger partial charge on any atom is -0.221 e. The molecular weight excluding hydrogens is 352 g/mol. The summed E-state index contributed by atoms with van der Waals surface area (Å²) in [5.74, 6) is 1.95. The van der Waals surface area contributed by atoms with E-state index in [2.05, 4.69) is 108 Å². The molecule has 0 unspecified atom stereocenters. The largest absolute Gasteiger partial charge is 0.221 e. The first-order valence-corrected chi connectivity index (χ1v) is 11.0. The molecule has 0 saturated carbocycles. The minimum atomic E-state index is 0.488. The standard InChI is InChI=1S/C27H38N2/c1-18(2)22-11-9-12-23(19(3)4)26(22)15-28-17-29-16-27-24(20(5)6)13-10-14-25(27)21(7)8/h9-14,18-21H,15-16H2,1-8H3. The van der Waals surface area contributed by atoms with Crippen LogP contribution >= 0.6 is 0 Å². The average Bonchev–Trinajstić information content (AvgIpc) is 2.66. The van der Waals surface area contributed by atoms with Crippen molar-refractivity contribution in [1.82, 2.24) is 0 Å². The van der Waals surface area contributed by atoms with Crippen molar-refractivity contribution in [2.45, 2.75) is 92.2 Å². The van der Waals surface area contributed by atoms with Crippen molar-refractivity contribution in [2.24, 2.45) is 9.98 Å². The highest BCUT2D eigenvalue weighted by Gasteiger charge is 2.14. The molecule has 2 nitrogen and oxygen atoms in total. The lowest BCUT2D eigenvalue weighted by Gasteiger charge is -2.18. The first kappa shape index (κ1) is 23.1. The Morgan fingerprint density at radius 2 is 0.828 bits per heavy atom. The van der Waals surface area contributed by atoms with E-state index in [1.54, 1.807) is 0 Å². The van der Waals surface area contributed by atoms with Crippen LogP contribution in [0, 0.1) is 0 Å². The quantitative estimate of drug-likeness (QED) is 0.407. The smallest absolute Gasteiger partial charge is 0.0899 e. The first-order chi connectivity index (χ1) is 13.7. The number of hydrogen-bond donors (Lipinski definition) is 0. The van der Waals surface area contributed by atoms with Crippen LogP contribution in [0.2, 0.25) is 0 Å². The predicted molar refractivity (Wildman–Crippen MR) is 127 cm³/mol. The zero-order valence-corrected chi connectivity index (χ0v) is 19.6. The molecule has 0 heterocycles. The summed E-state index contributed by atoms with van der Waals surface area (Å²) in [6, 6.07) is 16.2. The molecule has 2 rings (SSSR count). The summed E-state index contributed by atoms with van der Waals surface area (Å²) in [6.07, 6.45) is 0. The lowest BCUT2D eigenvalue weighted by molar-refractivity contribution is 0.793. The Morgan fingerprint density at radius 3 is 1.07 bits per heavy atom. The van der Waals surface area contributed by atoms with E-state index in [-0.39, 0.29) is 0 Å². The van der Waals surface area contributed by atoms with Crippen LogP contribution < -0.4 is 0 Å². The second-order valence-corrected chi connectivity index (χ2v) is 9.18.